The van der Waals surface area contributed by atoms with Crippen LogP contribution in [-0.4, -0.2) is 24.6 Å². The number of amides is 2. The molecule has 0 aliphatic rings. The van der Waals surface area contributed by atoms with Crippen molar-refractivity contribution in [2.24, 2.45) is 5.10 Å². The van der Waals surface area contributed by atoms with Gasteiger partial charge in [0.1, 0.15) is 5.75 Å². The summed E-state index contributed by atoms with van der Waals surface area (Å²) in [7, 11) is 1.54. The summed E-state index contributed by atoms with van der Waals surface area (Å²) in [4.78, 5) is 24.3. The molecule has 0 atom stereocenters. The van der Waals surface area contributed by atoms with Gasteiger partial charge in [-0.05, 0) is 43.3 Å². The minimum Gasteiger partial charge on any atom is -0.497 e. The number of rotatable bonds is 4. The average Bonchev–Trinajstić information content (AvgIpc) is 2.99. The average molecular weight is 352 g/mol. The molecule has 8 heteroatoms. The van der Waals surface area contributed by atoms with Crippen molar-refractivity contribution in [3.8, 4) is 5.75 Å². The number of hydrogen-bond donors (Lipinski definition) is 2. The van der Waals surface area contributed by atoms with Crippen molar-refractivity contribution in [3.05, 3.63) is 45.6 Å². The van der Waals surface area contributed by atoms with E-state index in [2.05, 4.69) is 15.8 Å². The normalized spacial score (nSPS) is 11.0. The molecule has 0 unspecified atom stereocenters. The van der Waals surface area contributed by atoms with Crippen molar-refractivity contribution in [1.29, 1.82) is 0 Å². The van der Waals surface area contributed by atoms with Gasteiger partial charge in [-0.3, -0.25) is 9.59 Å². The molecule has 2 N–H and O–H groups in total. The quantitative estimate of drug-likeness (QED) is 0.505. The third kappa shape index (κ3) is 4.80. The molecular weight excluding hydrogens is 338 g/mol. The smallest absolute Gasteiger partial charge is 0.329 e. The van der Waals surface area contributed by atoms with E-state index < -0.39 is 11.8 Å². The third-order valence-electron chi connectivity index (χ3n) is 2.81. The van der Waals surface area contributed by atoms with Gasteiger partial charge in [-0.2, -0.15) is 5.10 Å². The summed E-state index contributed by atoms with van der Waals surface area (Å²) in [5.41, 5.74) is 3.25. The lowest BCUT2D eigenvalue weighted by Gasteiger charge is -2.05. The van der Waals surface area contributed by atoms with E-state index in [0.717, 1.165) is 4.88 Å². The number of anilines is 1. The molecule has 1 heterocycles. The van der Waals surface area contributed by atoms with Crippen LogP contribution in [0.1, 0.15) is 11.8 Å². The zero-order valence-electron chi connectivity index (χ0n) is 12.4. The summed E-state index contributed by atoms with van der Waals surface area (Å²) >= 11 is 7.17. The number of nitrogens with zero attached hydrogens (tertiary/aromatic N) is 1. The first-order chi connectivity index (χ1) is 11.0. The number of thiophene rings is 1. The molecule has 2 rings (SSSR count). The minimum atomic E-state index is -0.858. The third-order valence-corrected chi connectivity index (χ3v) is 4.15. The second kappa shape index (κ2) is 7.75. The van der Waals surface area contributed by atoms with E-state index in [9.17, 15) is 9.59 Å². The second-order valence-corrected chi connectivity index (χ2v) is 6.14. The van der Waals surface area contributed by atoms with Gasteiger partial charge in [0.15, 0.2) is 0 Å². The van der Waals surface area contributed by atoms with E-state index in [4.69, 9.17) is 16.3 Å². The van der Waals surface area contributed by atoms with Gasteiger partial charge in [0.05, 0.1) is 22.0 Å². The van der Waals surface area contributed by atoms with Gasteiger partial charge in [0.2, 0.25) is 0 Å². The Bertz CT molecular complexity index is 741. The number of nitrogens with one attached hydrogen (secondary N) is 2. The molecule has 0 aliphatic carbocycles. The highest BCUT2D eigenvalue weighted by Gasteiger charge is 2.13. The molecule has 0 radical (unpaired) electrons. The van der Waals surface area contributed by atoms with Crippen LogP contribution in [0.3, 0.4) is 0 Å². The lowest BCUT2D eigenvalue weighted by atomic mass is 10.3. The maximum atomic E-state index is 11.8. The Labute approximate surface area is 142 Å². The van der Waals surface area contributed by atoms with Crippen molar-refractivity contribution in [2.45, 2.75) is 6.92 Å². The molecule has 2 aromatic rings. The van der Waals surface area contributed by atoms with Crippen molar-refractivity contribution >= 4 is 46.2 Å². The number of benzene rings is 1. The van der Waals surface area contributed by atoms with E-state index in [1.807, 2.05) is 0 Å². The predicted octanol–water partition coefficient (Wildman–Crippen LogP) is 2.89. The van der Waals surface area contributed by atoms with Gasteiger partial charge in [0, 0.05) is 5.69 Å². The minimum absolute atomic E-state index is 0.483. The number of hydrogen-bond acceptors (Lipinski definition) is 5. The van der Waals surface area contributed by atoms with Crippen LogP contribution in [0, 0.1) is 0 Å². The van der Waals surface area contributed by atoms with Crippen LogP contribution >= 0.6 is 22.9 Å². The van der Waals surface area contributed by atoms with E-state index in [-0.39, 0.29) is 0 Å². The number of halogens is 1. The Morgan fingerprint density at radius 1 is 1.13 bits per heavy atom. The Morgan fingerprint density at radius 3 is 2.39 bits per heavy atom. The van der Waals surface area contributed by atoms with Crippen LogP contribution in [-0.2, 0) is 9.59 Å². The van der Waals surface area contributed by atoms with Crippen LogP contribution in [0.2, 0.25) is 4.34 Å². The molecule has 0 saturated heterocycles. The first-order valence-corrected chi connectivity index (χ1v) is 7.74. The summed E-state index contributed by atoms with van der Waals surface area (Å²) in [6.07, 6.45) is 0. The standard InChI is InChI=1S/C15H14ClN3O3S/c1-9(12-7-8-13(16)23-12)18-19-15(21)14(20)17-10-3-5-11(22-2)6-4-10/h3-8H,1-2H3,(H,17,20)(H,19,21)/b18-9+. The number of methoxy groups -OCH3 is 1. The molecule has 0 saturated carbocycles. The number of hydrazone groups is 1. The molecule has 6 nitrogen and oxygen atoms in total. The SMILES string of the molecule is COc1ccc(NC(=O)C(=O)N/N=C(\C)c2ccc(Cl)s2)cc1. The lowest BCUT2D eigenvalue weighted by molar-refractivity contribution is -0.136. The van der Waals surface area contributed by atoms with Crippen molar-refractivity contribution in [3.63, 3.8) is 0 Å². The summed E-state index contributed by atoms with van der Waals surface area (Å²) in [6.45, 7) is 1.71. The molecule has 0 aliphatic heterocycles. The highest BCUT2D eigenvalue weighted by atomic mass is 35.5. The van der Waals surface area contributed by atoms with Crippen LogP contribution in [0.5, 0.6) is 5.75 Å². The first kappa shape index (κ1) is 17.0. The van der Waals surface area contributed by atoms with Gasteiger partial charge >= 0.3 is 11.8 Å². The van der Waals surface area contributed by atoms with E-state index in [1.165, 1.54) is 11.3 Å². The highest BCUT2D eigenvalue weighted by molar-refractivity contribution is 7.18. The number of ether oxygens (including phenoxy) is 1. The summed E-state index contributed by atoms with van der Waals surface area (Å²) in [6, 6.07) is 10.1. The molecule has 0 fully saturated rings. The Morgan fingerprint density at radius 2 is 1.83 bits per heavy atom. The summed E-state index contributed by atoms with van der Waals surface area (Å²) in [5.74, 6) is -1.01. The second-order valence-electron chi connectivity index (χ2n) is 4.42. The van der Waals surface area contributed by atoms with Gasteiger partial charge in [0.25, 0.3) is 0 Å². The first-order valence-electron chi connectivity index (χ1n) is 6.55. The van der Waals surface area contributed by atoms with Crippen molar-refractivity contribution < 1.29 is 14.3 Å². The van der Waals surface area contributed by atoms with Crippen molar-refractivity contribution in [1.82, 2.24) is 5.43 Å². The van der Waals surface area contributed by atoms with Crippen LogP contribution in [0.4, 0.5) is 5.69 Å². The lowest BCUT2D eigenvalue weighted by Crippen LogP contribution is -2.32. The van der Waals surface area contributed by atoms with Crippen LogP contribution in [0.25, 0.3) is 0 Å². The molecule has 23 heavy (non-hydrogen) atoms. The van der Waals surface area contributed by atoms with Gasteiger partial charge in [-0.15, -0.1) is 11.3 Å². The van der Waals surface area contributed by atoms with E-state index >= 15 is 0 Å². The Hall–Kier alpha value is -2.38. The van der Waals surface area contributed by atoms with Gasteiger partial charge < -0.3 is 10.1 Å². The molecule has 120 valence electrons. The van der Waals surface area contributed by atoms with E-state index in [1.54, 1.807) is 50.4 Å². The fourth-order valence-electron chi connectivity index (χ4n) is 1.61. The largest absolute Gasteiger partial charge is 0.497 e. The number of carbonyl (C=O) groups is 2. The molecule has 0 bridgehead atoms. The maximum Gasteiger partial charge on any atom is 0.329 e. The maximum absolute atomic E-state index is 11.8. The molecule has 2 amide bonds. The molecule has 1 aromatic heterocycles. The molecule has 1 aromatic carbocycles. The fourth-order valence-corrected chi connectivity index (χ4v) is 2.60. The zero-order chi connectivity index (χ0) is 16.8. The highest BCUT2D eigenvalue weighted by Crippen LogP contribution is 2.21. The molecule has 0 spiro atoms. The van der Waals surface area contributed by atoms with Gasteiger partial charge in [-0.1, -0.05) is 11.6 Å². The monoisotopic (exact) mass is 351 g/mol. The number of carbonyl (C=O) groups excluding carboxylic acids is 2. The summed E-state index contributed by atoms with van der Waals surface area (Å²) in [5, 5.41) is 6.35. The Balaban J connectivity index is 1.93. The Kier molecular flexibility index (Phi) is 5.72. The van der Waals surface area contributed by atoms with E-state index in [0.29, 0.717) is 21.5 Å². The van der Waals surface area contributed by atoms with Crippen molar-refractivity contribution in [2.75, 3.05) is 12.4 Å². The molecular formula is C15H14ClN3O3S. The van der Waals surface area contributed by atoms with Gasteiger partial charge in [-0.25, -0.2) is 5.43 Å². The topological polar surface area (TPSA) is 79.8 Å². The predicted molar refractivity (Wildman–Crippen MR) is 91.3 cm³/mol. The summed E-state index contributed by atoms with van der Waals surface area (Å²) < 4.78 is 5.64. The van der Waals surface area contributed by atoms with Crippen LogP contribution < -0.4 is 15.5 Å². The zero-order valence-corrected chi connectivity index (χ0v) is 14.0. The fraction of sp³-hybridized carbons (Fsp3) is 0.133. The van der Waals surface area contributed by atoms with Crippen LogP contribution in [0.15, 0.2) is 41.5 Å².